The summed E-state index contributed by atoms with van der Waals surface area (Å²) in [4.78, 5) is 11.6. The maximum atomic E-state index is 11.6. The Balaban J connectivity index is 0.000000447. The fraction of sp³-hybridized carbons (Fsp3) is 0.352. The second kappa shape index (κ2) is 30.4. The number of aliphatic hydroxyl groups excluding tert-OH is 6. The van der Waals surface area contributed by atoms with Crippen molar-refractivity contribution in [3.8, 4) is 11.5 Å². The van der Waals surface area contributed by atoms with Gasteiger partial charge in [0.15, 0.2) is 6.29 Å². The van der Waals surface area contributed by atoms with E-state index in [1.807, 2.05) is 113 Å². The monoisotopic (exact) mass is 894 g/mol. The average molecular weight is 895 g/mol. The van der Waals surface area contributed by atoms with E-state index in [-0.39, 0.29) is 36.9 Å². The molecule has 4 atom stereocenters. The van der Waals surface area contributed by atoms with E-state index in [0.717, 1.165) is 51.2 Å². The minimum atomic E-state index is -0.889. The highest BCUT2D eigenvalue weighted by Gasteiger charge is 2.13. The molecule has 6 N–H and O–H groups in total. The van der Waals surface area contributed by atoms with Crippen molar-refractivity contribution in [1.29, 1.82) is 0 Å². The summed E-state index contributed by atoms with van der Waals surface area (Å²) in [5.74, 6) is 1.47. The summed E-state index contributed by atoms with van der Waals surface area (Å²) in [6.45, 7) is 13.3. The second-order valence-corrected chi connectivity index (χ2v) is 15.6. The van der Waals surface area contributed by atoms with E-state index in [1.165, 1.54) is 18.2 Å². The van der Waals surface area contributed by atoms with Gasteiger partial charge in [0.25, 0.3) is 0 Å². The molecule has 0 spiro atoms. The summed E-state index contributed by atoms with van der Waals surface area (Å²) in [6.07, 6.45) is 20.1. The minimum absolute atomic E-state index is 0.0139. The van der Waals surface area contributed by atoms with Crippen LogP contribution in [-0.4, -0.2) is 88.8 Å². The van der Waals surface area contributed by atoms with Crippen LogP contribution in [0.3, 0.4) is 0 Å². The second-order valence-electron chi connectivity index (χ2n) is 15.6. The Morgan fingerprint density at radius 3 is 2.00 bits per heavy atom. The molecule has 2 aromatic rings. The maximum absolute atomic E-state index is 11.6. The lowest BCUT2D eigenvalue weighted by Crippen LogP contribution is -2.15. The quantitative estimate of drug-likeness (QED) is 0.0477. The number of benzene rings is 2. The van der Waals surface area contributed by atoms with Gasteiger partial charge in [-0.05, 0) is 160 Å². The number of hydrogen-bond donors (Lipinski definition) is 6. The molecule has 2 aromatic carbocycles. The van der Waals surface area contributed by atoms with Gasteiger partial charge in [-0.1, -0.05) is 72.9 Å². The smallest absolute Gasteiger partial charge is 0.150 e. The van der Waals surface area contributed by atoms with Crippen LogP contribution in [-0.2, 0) is 27.5 Å². The molecule has 0 radical (unpaired) electrons. The van der Waals surface area contributed by atoms with Gasteiger partial charge in [0.1, 0.15) is 23.0 Å². The number of carbonyl (C=O) groups excluding carboxylic acids is 1. The number of aliphatic hydroxyl groups is 6. The third kappa shape index (κ3) is 21.6. The van der Waals surface area contributed by atoms with Crippen molar-refractivity contribution < 1.29 is 54.4 Å². The summed E-state index contributed by atoms with van der Waals surface area (Å²) in [6, 6.07) is 15.3. The van der Waals surface area contributed by atoms with Crippen LogP contribution in [0.1, 0.15) is 72.4 Å². The standard InChI is InChI=1S/C28H38O5.C26H32O6/c1-7-8-28(21(3)15-26(31)16-22(4)30)20(2)9-10-25(18-29)17-23(5)33-19-24-11-13-27(32-6)14-12-24;1-18-4-5-21(15-27)13-25(32-17-20-6-9-24(31-3)10-7-20)11-8-22(29)14-23(30)12-19(2)26(18)16-28/h7-17,22-23,29-31H,18-19H2,1-6H3;4-7,9-10,12-14,16,22,25,27,29-30H,8,11,15,17H2,1-3H3/b8-7+,10-9+,21-15+,25-17-,26-16-,28-20-;5-4?,19-12+,21-13?,23-14-,26-18-/t22?,23-;22?,25-/m00/s1. The van der Waals surface area contributed by atoms with Gasteiger partial charge in [-0.3, -0.25) is 4.79 Å². The average Bonchev–Trinajstić information content (AvgIpc) is 3.28. The van der Waals surface area contributed by atoms with E-state index in [2.05, 4.69) is 0 Å². The lowest BCUT2D eigenvalue weighted by atomic mass is 9.99. The largest absolute Gasteiger partial charge is 0.508 e. The van der Waals surface area contributed by atoms with Crippen LogP contribution in [0.2, 0.25) is 0 Å². The predicted molar refractivity (Wildman–Crippen MR) is 260 cm³/mol. The Bertz CT molecular complexity index is 2140. The Labute approximate surface area is 386 Å². The van der Waals surface area contributed by atoms with Crippen LogP contribution in [0.5, 0.6) is 11.5 Å². The third-order valence-electron chi connectivity index (χ3n) is 10.0. The number of carbonyl (C=O) groups is 1. The van der Waals surface area contributed by atoms with Crippen molar-refractivity contribution in [2.45, 2.75) is 98.9 Å². The van der Waals surface area contributed by atoms with Crippen LogP contribution in [0.25, 0.3) is 0 Å². The Morgan fingerprint density at radius 1 is 0.846 bits per heavy atom. The fourth-order valence-corrected chi connectivity index (χ4v) is 6.44. The number of ether oxygens (including phenoxy) is 4. The van der Waals surface area contributed by atoms with E-state index >= 15 is 0 Å². The molecular formula is C54H70O11. The molecular weight excluding hydrogens is 825 g/mol. The Morgan fingerprint density at radius 2 is 1.46 bits per heavy atom. The van der Waals surface area contributed by atoms with Gasteiger partial charge >= 0.3 is 0 Å². The number of allylic oxidation sites excluding steroid dienone is 12. The van der Waals surface area contributed by atoms with Gasteiger partial charge in [0.05, 0.1) is 65.1 Å². The number of rotatable bonds is 18. The minimum Gasteiger partial charge on any atom is -0.508 e. The molecule has 1 aliphatic carbocycles. The van der Waals surface area contributed by atoms with Crippen LogP contribution in [0.4, 0.5) is 0 Å². The highest BCUT2D eigenvalue weighted by atomic mass is 16.5. The first-order chi connectivity index (χ1) is 31.0. The molecule has 0 heterocycles. The molecule has 352 valence electrons. The zero-order valence-corrected chi connectivity index (χ0v) is 39.4. The SMILES string of the molecule is C/C=C/C(=C(C)/C=C/C(=C/[C@H](C)OCc1ccc(OC)cc1)CO)C(/C)=C/C(O)=C/C(C)O.COc1ccc(CO[C@@H]2C=C(CO)C=C\C(C)=C(C=O)/C(C)=C/C(O)=C/C(O)CC2)cc1. The van der Waals surface area contributed by atoms with E-state index in [9.17, 15) is 35.4 Å². The van der Waals surface area contributed by atoms with Gasteiger partial charge in [0, 0.05) is 5.57 Å². The molecule has 3 rings (SSSR count). The van der Waals surface area contributed by atoms with E-state index < -0.39 is 12.2 Å². The molecule has 0 saturated carbocycles. The lowest BCUT2D eigenvalue weighted by Gasteiger charge is -2.17. The summed E-state index contributed by atoms with van der Waals surface area (Å²) < 4.78 is 22.3. The van der Waals surface area contributed by atoms with Gasteiger partial charge in [0.2, 0.25) is 0 Å². The molecule has 0 aromatic heterocycles. The lowest BCUT2D eigenvalue weighted by molar-refractivity contribution is -0.104. The molecule has 2 unspecified atom stereocenters. The van der Waals surface area contributed by atoms with Crippen LogP contribution >= 0.6 is 0 Å². The van der Waals surface area contributed by atoms with Crippen molar-refractivity contribution in [2.75, 3.05) is 27.4 Å². The first-order valence-electron chi connectivity index (χ1n) is 21.6. The van der Waals surface area contributed by atoms with Gasteiger partial charge in [-0.2, -0.15) is 0 Å². The normalized spacial score (nSPS) is 21.2. The zero-order valence-electron chi connectivity index (χ0n) is 39.4. The molecule has 0 fully saturated rings. The van der Waals surface area contributed by atoms with E-state index in [0.29, 0.717) is 48.3 Å². The topological polar surface area (TPSA) is 175 Å². The van der Waals surface area contributed by atoms with Gasteiger partial charge < -0.3 is 49.6 Å². The number of methoxy groups -OCH3 is 2. The molecule has 11 nitrogen and oxygen atoms in total. The van der Waals surface area contributed by atoms with Crippen molar-refractivity contribution in [3.05, 3.63) is 189 Å². The first kappa shape index (κ1) is 55.3. The summed E-state index contributed by atoms with van der Waals surface area (Å²) in [7, 11) is 3.25. The predicted octanol–water partition coefficient (Wildman–Crippen LogP) is 9.85. The van der Waals surface area contributed by atoms with Crippen molar-refractivity contribution in [1.82, 2.24) is 0 Å². The Hall–Kier alpha value is -5.79. The molecule has 0 aliphatic heterocycles. The molecule has 11 heteroatoms. The summed E-state index contributed by atoms with van der Waals surface area (Å²) in [5.41, 5.74) is 7.86. The van der Waals surface area contributed by atoms with Gasteiger partial charge in [-0.15, -0.1) is 0 Å². The highest BCUT2D eigenvalue weighted by Crippen LogP contribution is 2.22. The molecule has 0 amide bonds. The van der Waals surface area contributed by atoms with E-state index in [4.69, 9.17) is 18.9 Å². The molecule has 65 heavy (non-hydrogen) atoms. The van der Waals surface area contributed by atoms with Crippen LogP contribution in [0, 0.1) is 0 Å². The van der Waals surface area contributed by atoms with Crippen molar-refractivity contribution in [3.63, 3.8) is 0 Å². The van der Waals surface area contributed by atoms with Crippen molar-refractivity contribution >= 4 is 6.29 Å². The number of aldehydes is 1. The summed E-state index contributed by atoms with van der Waals surface area (Å²) >= 11 is 0. The molecule has 0 bridgehead atoms. The van der Waals surface area contributed by atoms with Crippen molar-refractivity contribution in [2.24, 2.45) is 0 Å². The maximum Gasteiger partial charge on any atom is 0.150 e. The van der Waals surface area contributed by atoms with Crippen LogP contribution in [0.15, 0.2) is 178 Å². The first-order valence-corrected chi connectivity index (χ1v) is 21.6. The van der Waals surface area contributed by atoms with Gasteiger partial charge in [-0.25, -0.2) is 0 Å². The molecule has 0 saturated heterocycles. The zero-order chi connectivity index (χ0) is 48.3. The molecule has 1 aliphatic rings. The fourth-order valence-electron chi connectivity index (χ4n) is 6.44. The van der Waals surface area contributed by atoms with E-state index in [1.54, 1.807) is 53.2 Å². The highest BCUT2D eigenvalue weighted by molar-refractivity contribution is 5.82. The summed E-state index contributed by atoms with van der Waals surface area (Å²) in [5, 5.41) is 59.5. The Kier molecular flexibility index (Phi) is 25.9. The third-order valence-corrected chi connectivity index (χ3v) is 10.0. The van der Waals surface area contributed by atoms with Crippen LogP contribution < -0.4 is 9.47 Å². The number of hydrogen-bond acceptors (Lipinski definition) is 11.